The Morgan fingerprint density at radius 2 is 2.31 bits per heavy atom. The molecule has 0 saturated carbocycles. The highest BCUT2D eigenvalue weighted by molar-refractivity contribution is 5.86. The Hall–Kier alpha value is -1.84. The average Bonchev–Trinajstić information content (AvgIpc) is 2.49. The van der Waals surface area contributed by atoms with Crippen LogP contribution in [0.1, 0.15) is 16.2 Å². The van der Waals surface area contributed by atoms with Crippen molar-refractivity contribution in [1.82, 2.24) is 9.38 Å². The van der Waals surface area contributed by atoms with E-state index in [-0.39, 0.29) is 5.69 Å². The van der Waals surface area contributed by atoms with Crippen LogP contribution in [0.3, 0.4) is 0 Å². The van der Waals surface area contributed by atoms with Gasteiger partial charge in [-0.1, -0.05) is 6.07 Å². The van der Waals surface area contributed by atoms with E-state index in [1.807, 2.05) is 19.1 Å². The van der Waals surface area contributed by atoms with Crippen LogP contribution in [0.15, 0.2) is 24.4 Å². The molecule has 0 aliphatic carbocycles. The quantitative estimate of drug-likeness (QED) is 0.713. The molecule has 1 N–H and O–H groups in total. The lowest BCUT2D eigenvalue weighted by Gasteiger charge is -1.95. The van der Waals surface area contributed by atoms with Crippen molar-refractivity contribution in [1.29, 1.82) is 0 Å². The molecular formula is C9H8N2O2. The summed E-state index contributed by atoms with van der Waals surface area (Å²) in [5.41, 5.74) is 1.71. The Labute approximate surface area is 74.5 Å². The van der Waals surface area contributed by atoms with Gasteiger partial charge < -0.3 is 9.51 Å². The van der Waals surface area contributed by atoms with Gasteiger partial charge in [-0.3, -0.25) is 0 Å². The Balaban J connectivity index is 2.75. The van der Waals surface area contributed by atoms with Crippen LogP contribution in [0.5, 0.6) is 0 Å². The summed E-state index contributed by atoms with van der Waals surface area (Å²) < 4.78 is 1.75. The maximum Gasteiger partial charge on any atom is 0.356 e. The molecular weight excluding hydrogens is 168 g/mol. The number of carboxylic acid groups (broad SMARTS) is 1. The highest BCUT2D eigenvalue weighted by Crippen LogP contribution is 2.07. The molecule has 0 aromatic carbocycles. The average molecular weight is 176 g/mol. The van der Waals surface area contributed by atoms with Crippen LogP contribution in [-0.4, -0.2) is 20.5 Å². The largest absolute Gasteiger partial charge is 0.476 e. The third kappa shape index (κ3) is 1.16. The minimum Gasteiger partial charge on any atom is -0.476 e. The number of carboxylic acids is 1. The minimum atomic E-state index is -0.997. The van der Waals surface area contributed by atoms with E-state index < -0.39 is 5.97 Å². The van der Waals surface area contributed by atoms with Crippen molar-refractivity contribution in [3.8, 4) is 0 Å². The highest BCUT2D eigenvalue weighted by atomic mass is 16.4. The number of nitrogens with zero attached hydrogens (tertiary/aromatic N) is 2. The summed E-state index contributed by atoms with van der Waals surface area (Å²) >= 11 is 0. The number of carbonyl (C=O) groups is 1. The van der Waals surface area contributed by atoms with E-state index in [4.69, 9.17) is 5.11 Å². The molecule has 2 aromatic heterocycles. The second-order valence-corrected chi connectivity index (χ2v) is 2.83. The van der Waals surface area contributed by atoms with Crippen molar-refractivity contribution >= 4 is 11.6 Å². The van der Waals surface area contributed by atoms with Crippen LogP contribution in [0.25, 0.3) is 5.65 Å². The summed E-state index contributed by atoms with van der Waals surface area (Å²) in [5.74, 6) is -0.997. The Morgan fingerprint density at radius 1 is 1.54 bits per heavy atom. The first-order valence-corrected chi connectivity index (χ1v) is 3.86. The van der Waals surface area contributed by atoms with Gasteiger partial charge in [-0.25, -0.2) is 9.78 Å². The van der Waals surface area contributed by atoms with Crippen molar-refractivity contribution in [3.05, 3.63) is 35.8 Å². The zero-order valence-electron chi connectivity index (χ0n) is 7.06. The van der Waals surface area contributed by atoms with Crippen LogP contribution in [0.4, 0.5) is 0 Å². The second kappa shape index (κ2) is 2.58. The van der Waals surface area contributed by atoms with E-state index in [0.29, 0.717) is 5.65 Å². The summed E-state index contributed by atoms with van der Waals surface area (Å²) in [5, 5.41) is 8.70. The van der Waals surface area contributed by atoms with Crippen molar-refractivity contribution < 1.29 is 9.90 Å². The zero-order chi connectivity index (χ0) is 9.42. The molecule has 0 saturated heterocycles. The van der Waals surface area contributed by atoms with Gasteiger partial charge in [-0.15, -0.1) is 0 Å². The maximum atomic E-state index is 10.6. The summed E-state index contributed by atoms with van der Waals surface area (Å²) in [6.45, 7) is 1.90. The number of fused-ring (bicyclic) bond motifs is 1. The Bertz CT molecular complexity index is 473. The van der Waals surface area contributed by atoms with Crippen molar-refractivity contribution in [3.63, 3.8) is 0 Å². The fourth-order valence-electron chi connectivity index (χ4n) is 1.25. The topological polar surface area (TPSA) is 54.6 Å². The summed E-state index contributed by atoms with van der Waals surface area (Å²) in [6, 6.07) is 5.53. The monoisotopic (exact) mass is 176 g/mol. The molecule has 2 heterocycles. The number of aryl methyl sites for hydroxylation is 1. The number of imidazole rings is 1. The highest BCUT2D eigenvalue weighted by Gasteiger charge is 2.08. The van der Waals surface area contributed by atoms with Crippen LogP contribution >= 0.6 is 0 Å². The summed E-state index contributed by atoms with van der Waals surface area (Å²) in [4.78, 5) is 14.5. The molecule has 66 valence electrons. The molecule has 0 aliphatic heterocycles. The maximum absolute atomic E-state index is 10.6. The number of rotatable bonds is 1. The molecule has 13 heavy (non-hydrogen) atoms. The number of hydrogen-bond donors (Lipinski definition) is 1. The van der Waals surface area contributed by atoms with E-state index in [2.05, 4.69) is 4.98 Å². The molecule has 4 nitrogen and oxygen atoms in total. The molecule has 0 radical (unpaired) electrons. The van der Waals surface area contributed by atoms with Crippen molar-refractivity contribution in [2.75, 3.05) is 0 Å². The number of hydrogen-bond acceptors (Lipinski definition) is 2. The van der Waals surface area contributed by atoms with E-state index in [0.717, 1.165) is 5.69 Å². The van der Waals surface area contributed by atoms with Gasteiger partial charge in [0, 0.05) is 11.9 Å². The SMILES string of the molecule is Cc1cccc2nc(C(=O)O)cn12. The van der Waals surface area contributed by atoms with Crippen molar-refractivity contribution in [2.45, 2.75) is 6.92 Å². The molecule has 0 fully saturated rings. The first kappa shape index (κ1) is 7.79. The van der Waals surface area contributed by atoms with E-state index in [1.165, 1.54) is 6.20 Å². The van der Waals surface area contributed by atoms with Crippen LogP contribution in [0.2, 0.25) is 0 Å². The van der Waals surface area contributed by atoms with Gasteiger partial charge in [0.2, 0.25) is 0 Å². The van der Waals surface area contributed by atoms with Crippen LogP contribution < -0.4 is 0 Å². The van der Waals surface area contributed by atoms with Crippen molar-refractivity contribution in [2.24, 2.45) is 0 Å². The molecule has 0 atom stereocenters. The van der Waals surface area contributed by atoms with Gasteiger partial charge in [0.1, 0.15) is 5.65 Å². The fraction of sp³-hybridized carbons (Fsp3) is 0.111. The summed E-state index contributed by atoms with van der Waals surface area (Å²) in [7, 11) is 0. The van der Waals surface area contributed by atoms with Gasteiger partial charge >= 0.3 is 5.97 Å². The standard InChI is InChI=1S/C9H8N2O2/c1-6-3-2-4-8-10-7(9(12)13)5-11(6)8/h2-5H,1H3,(H,12,13). The first-order valence-electron chi connectivity index (χ1n) is 3.86. The summed E-state index contributed by atoms with van der Waals surface area (Å²) in [6.07, 6.45) is 1.52. The molecule has 0 bridgehead atoms. The lowest BCUT2D eigenvalue weighted by molar-refractivity contribution is 0.0691. The second-order valence-electron chi connectivity index (χ2n) is 2.83. The molecule has 4 heteroatoms. The predicted molar refractivity (Wildman–Crippen MR) is 46.9 cm³/mol. The van der Waals surface area contributed by atoms with Crippen LogP contribution in [0, 0.1) is 6.92 Å². The molecule has 2 aromatic rings. The normalized spacial score (nSPS) is 10.5. The molecule has 0 amide bonds. The molecule has 0 unspecified atom stereocenters. The Morgan fingerprint density at radius 3 is 2.92 bits per heavy atom. The van der Waals surface area contributed by atoms with E-state index in [1.54, 1.807) is 10.5 Å². The van der Waals surface area contributed by atoms with Gasteiger partial charge in [0.25, 0.3) is 0 Å². The van der Waals surface area contributed by atoms with E-state index >= 15 is 0 Å². The number of aromatic carboxylic acids is 1. The molecule has 2 rings (SSSR count). The van der Waals surface area contributed by atoms with Crippen LogP contribution in [-0.2, 0) is 0 Å². The smallest absolute Gasteiger partial charge is 0.356 e. The first-order chi connectivity index (χ1) is 6.18. The predicted octanol–water partition coefficient (Wildman–Crippen LogP) is 1.34. The lowest BCUT2D eigenvalue weighted by Crippen LogP contribution is -1.95. The number of aromatic nitrogens is 2. The van der Waals surface area contributed by atoms with E-state index in [9.17, 15) is 4.79 Å². The minimum absolute atomic E-state index is 0.0781. The number of pyridine rings is 1. The van der Waals surface area contributed by atoms with Gasteiger partial charge in [0.05, 0.1) is 0 Å². The third-order valence-electron chi connectivity index (χ3n) is 1.92. The molecule has 0 spiro atoms. The third-order valence-corrected chi connectivity index (χ3v) is 1.92. The zero-order valence-corrected chi connectivity index (χ0v) is 7.06. The van der Waals surface area contributed by atoms with Gasteiger partial charge in [-0.2, -0.15) is 0 Å². The lowest BCUT2D eigenvalue weighted by atomic mass is 10.4. The molecule has 0 aliphatic rings. The van der Waals surface area contributed by atoms with Gasteiger partial charge in [0.15, 0.2) is 5.69 Å². The fourth-order valence-corrected chi connectivity index (χ4v) is 1.25. The Kier molecular flexibility index (Phi) is 1.55. The van der Waals surface area contributed by atoms with Gasteiger partial charge in [-0.05, 0) is 19.1 Å².